The molecule has 52 heavy (non-hydrogen) atoms. The first kappa shape index (κ1) is 28.7. The Balaban J connectivity index is 1.24. The van der Waals surface area contributed by atoms with Crippen LogP contribution in [0.5, 0.6) is 0 Å². The summed E-state index contributed by atoms with van der Waals surface area (Å²) in [6.45, 7) is 0. The van der Waals surface area contributed by atoms with Gasteiger partial charge in [-0.05, 0) is 46.5 Å². The van der Waals surface area contributed by atoms with Gasteiger partial charge in [0, 0.05) is 43.9 Å². The van der Waals surface area contributed by atoms with Gasteiger partial charge in [0.15, 0.2) is 17.5 Å². The Morgan fingerprint density at radius 2 is 0.923 bits per heavy atom. The van der Waals surface area contributed by atoms with Crippen LogP contribution in [0, 0.1) is 0 Å². The maximum atomic E-state index is 6.77. The van der Waals surface area contributed by atoms with Crippen LogP contribution >= 0.6 is 0 Å². The van der Waals surface area contributed by atoms with Crippen LogP contribution in [-0.2, 0) is 0 Å². The van der Waals surface area contributed by atoms with Gasteiger partial charge in [-0.2, -0.15) is 0 Å². The van der Waals surface area contributed by atoms with Gasteiger partial charge in [0.05, 0.1) is 16.4 Å². The molecule has 5 nitrogen and oxygen atoms in total. The third kappa shape index (κ3) is 4.26. The smallest absolute Gasteiger partial charge is 0.164 e. The Morgan fingerprint density at radius 3 is 1.65 bits per heavy atom. The van der Waals surface area contributed by atoms with Crippen molar-refractivity contribution >= 4 is 65.3 Å². The van der Waals surface area contributed by atoms with E-state index in [9.17, 15) is 0 Å². The van der Waals surface area contributed by atoms with Crippen LogP contribution in [0.4, 0.5) is 0 Å². The van der Waals surface area contributed by atoms with Crippen molar-refractivity contribution in [3.8, 4) is 39.9 Å². The van der Waals surface area contributed by atoms with Crippen molar-refractivity contribution in [3.63, 3.8) is 0 Å². The monoisotopic (exact) mass is 664 g/mol. The molecule has 0 bridgehead atoms. The van der Waals surface area contributed by atoms with Crippen molar-refractivity contribution in [2.24, 2.45) is 0 Å². The lowest BCUT2D eigenvalue weighted by atomic mass is 9.95. The molecule has 11 rings (SSSR count). The summed E-state index contributed by atoms with van der Waals surface area (Å²) in [5.41, 5.74) is 7.80. The van der Waals surface area contributed by atoms with Gasteiger partial charge in [-0.25, -0.2) is 15.0 Å². The highest BCUT2D eigenvalue weighted by molar-refractivity contribution is 6.36. The summed E-state index contributed by atoms with van der Waals surface area (Å²) in [4.78, 5) is 15.0. The predicted molar refractivity (Wildman–Crippen MR) is 213 cm³/mol. The van der Waals surface area contributed by atoms with Gasteiger partial charge in [0.2, 0.25) is 0 Å². The van der Waals surface area contributed by atoms with Gasteiger partial charge >= 0.3 is 0 Å². The van der Waals surface area contributed by atoms with E-state index in [-0.39, 0.29) is 0 Å². The van der Waals surface area contributed by atoms with E-state index in [1.807, 2.05) is 66.7 Å². The topological polar surface area (TPSA) is 56.7 Å². The normalized spacial score (nSPS) is 11.8. The second-order valence-electron chi connectivity index (χ2n) is 13.2. The average molecular weight is 665 g/mol. The fourth-order valence-corrected chi connectivity index (χ4v) is 7.92. The maximum Gasteiger partial charge on any atom is 0.164 e. The molecule has 0 radical (unpaired) electrons. The predicted octanol–water partition coefficient (Wildman–Crippen LogP) is 12.2. The molecule has 0 aliphatic heterocycles. The first-order valence-corrected chi connectivity index (χ1v) is 17.5. The summed E-state index contributed by atoms with van der Waals surface area (Å²) in [5.74, 6) is 1.89. The van der Waals surface area contributed by atoms with Crippen LogP contribution in [-0.4, -0.2) is 19.5 Å². The minimum Gasteiger partial charge on any atom is -0.455 e. The zero-order chi connectivity index (χ0) is 34.2. The number of benzene rings is 8. The number of hydrogen-bond donors (Lipinski definition) is 0. The Morgan fingerprint density at radius 1 is 0.385 bits per heavy atom. The van der Waals surface area contributed by atoms with E-state index < -0.39 is 0 Å². The van der Waals surface area contributed by atoms with E-state index in [0.717, 1.165) is 66.1 Å². The second kappa shape index (κ2) is 11.2. The second-order valence-corrected chi connectivity index (χ2v) is 13.2. The third-order valence-electron chi connectivity index (χ3n) is 10.2. The maximum absolute atomic E-state index is 6.77. The Labute approximate surface area is 298 Å². The van der Waals surface area contributed by atoms with Crippen molar-refractivity contribution in [3.05, 3.63) is 170 Å². The highest BCUT2D eigenvalue weighted by Crippen LogP contribution is 2.46. The van der Waals surface area contributed by atoms with E-state index in [1.54, 1.807) is 0 Å². The minimum atomic E-state index is 0.616. The molecule has 0 unspecified atom stereocenters. The summed E-state index contributed by atoms with van der Waals surface area (Å²) in [6, 6.07) is 59.0. The molecule has 3 aromatic heterocycles. The van der Waals surface area contributed by atoms with Crippen LogP contribution in [0.2, 0.25) is 0 Å². The fourth-order valence-electron chi connectivity index (χ4n) is 7.92. The van der Waals surface area contributed by atoms with E-state index in [1.165, 1.54) is 21.5 Å². The van der Waals surface area contributed by atoms with E-state index in [0.29, 0.717) is 17.5 Å². The van der Waals surface area contributed by atoms with Crippen molar-refractivity contribution in [2.45, 2.75) is 0 Å². The van der Waals surface area contributed by atoms with Crippen LogP contribution in [0.3, 0.4) is 0 Å². The van der Waals surface area contributed by atoms with Gasteiger partial charge in [-0.1, -0.05) is 140 Å². The summed E-state index contributed by atoms with van der Waals surface area (Å²) in [5, 5.41) is 9.29. The number of para-hydroxylation sites is 2. The highest BCUT2D eigenvalue weighted by atomic mass is 16.3. The molecule has 0 N–H and O–H groups in total. The first-order chi connectivity index (χ1) is 25.8. The number of rotatable bonds is 4. The quantitative estimate of drug-likeness (QED) is 0.176. The zero-order valence-corrected chi connectivity index (χ0v) is 27.9. The van der Waals surface area contributed by atoms with Crippen molar-refractivity contribution in [1.29, 1.82) is 0 Å². The van der Waals surface area contributed by atoms with Crippen LogP contribution in [0.1, 0.15) is 0 Å². The Bertz CT molecular complexity index is 3120. The van der Waals surface area contributed by atoms with Crippen LogP contribution < -0.4 is 0 Å². The molecule has 0 spiro atoms. The van der Waals surface area contributed by atoms with Gasteiger partial charge in [-0.3, -0.25) is 0 Å². The Kier molecular flexibility index (Phi) is 6.18. The molecule has 3 heterocycles. The number of fused-ring (bicyclic) bond motifs is 12. The van der Waals surface area contributed by atoms with Crippen molar-refractivity contribution in [1.82, 2.24) is 19.5 Å². The van der Waals surface area contributed by atoms with E-state index in [2.05, 4.69) is 108 Å². The summed E-state index contributed by atoms with van der Waals surface area (Å²) in [6.07, 6.45) is 0. The van der Waals surface area contributed by atoms with Crippen LogP contribution in [0.25, 0.3) is 105 Å². The summed E-state index contributed by atoms with van der Waals surface area (Å²) < 4.78 is 9.17. The van der Waals surface area contributed by atoms with Gasteiger partial charge in [0.1, 0.15) is 11.2 Å². The van der Waals surface area contributed by atoms with Gasteiger partial charge in [0.25, 0.3) is 0 Å². The number of aromatic nitrogens is 4. The van der Waals surface area contributed by atoms with Gasteiger partial charge in [-0.15, -0.1) is 0 Å². The first-order valence-electron chi connectivity index (χ1n) is 17.5. The number of nitrogens with zero attached hydrogens (tertiary/aromatic N) is 4. The lowest BCUT2D eigenvalue weighted by Gasteiger charge is -2.14. The molecule has 0 aliphatic carbocycles. The molecule has 0 saturated carbocycles. The molecule has 8 aromatic carbocycles. The average Bonchev–Trinajstić information content (AvgIpc) is 3.78. The molecule has 0 fully saturated rings. The molecule has 0 amide bonds. The summed E-state index contributed by atoms with van der Waals surface area (Å²) >= 11 is 0. The van der Waals surface area contributed by atoms with Crippen LogP contribution in [0.15, 0.2) is 174 Å². The van der Waals surface area contributed by atoms with E-state index in [4.69, 9.17) is 19.4 Å². The zero-order valence-electron chi connectivity index (χ0n) is 27.9. The highest BCUT2D eigenvalue weighted by Gasteiger charge is 2.23. The van der Waals surface area contributed by atoms with E-state index >= 15 is 0 Å². The van der Waals surface area contributed by atoms with Gasteiger partial charge < -0.3 is 8.98 Å². The standard InChI is InChI=1S/C47H28N4O/c1-3-14-29(15-4-1)45-48-46(30-16-5-2-6-17-30)50-47(49-45)31-18-13-19-32(28-31)51-39-24-11-9-23-38(39)41-35-22-8-7-20-33(35)36-26-27-37-34-21-10-12-25-40(34)52-44(37)42(36)43(41)51/h1-28H. The molecule has 0 aliphatic rings. The molecule has 5 heteroatoms. The SMILES string of the molecule is c1ccc(-c2nc(-c3ccccc3)nc(-c3cccc(-n4c5ccccc5c5c6ccccc6c6ccc7c8ccccc8oc7c6c54)c3)n2)cc1. The molecule has 0 atom stereocenters. The lowest BCUT2D eigenvalue weighted by molar-refractivity contribution is 0.673. The molecule has 11 aromatic rings. The largest absolute Gasteiger partial charge is 0.455 e. The minimum absolute atomic E-state index is 0.616. The van der Waals surface area contributed by atoms with Crippen molar-refractivity contribution in [2.75, 3.05) is 0 Å². The third-order valence-corrected chi connectivity index (χ3v) is 10.2. The molecular formula is C47H28N4O. The molecule has 242 valence electrons. The summed E-state index contributed by atoms with van der Waals surface area (Å²) in [7, 11) is 0. The van der Waals surface area contributed by atoms with Crippen molar-refractivity contribution < 1.29 is 4.42 Å². The Hall–Kier alpha value is -7.11. The number of hydrogen-bond acceptors (Lipinski definition) is 4. The lowest BCUT2D eigenvalue weighted by Crippen LogP contribution is -2.01. The fraction of sp³-hybridized carbons (Fsp3) is 0. The number of furan rings is 1. The molecule has 0 saturated heterocycles. The molecular weight excluding hydrogens is 637 g/mol.